The Morgan fingerprint density at radius 2 is 1.56 bits per heavy atom. The number of anilines is 1. The van der Waals surface area contributed by atoms with Crippen LogP contribution in [0.5, 0.6) is 0 Å². The van der Waals surface area contributed by atoms with Gasteiger partial charge in [-0.3, -0.25) is 4.79 Å². The minimum atomic E-state index is -0.638. The summed E-state index contributed by atoms with van der Waals surface area (Å²) in [4.78, 5) is 50.9. The molecule has 11 heteroatoms. The number of nitrogens with one attached hydrogen (secondary N) is 2. The molecule has 0 radical (unpaired) electrons. The van der Waals surface area contributed by atoms with Crippen molar-refractivity contribution in [2.24, 2.45) is 0 Å². The number of aromatic amines is 1. The molecule has 9 nitrogen and oxygen atoms in total. The fourth-order valence-electron chi connectivity index (χ4n) is 2.96. The monoisotopic (exact) mass is 530 g/mol. The first kappa shape index (κ1) is 28.5. The van der Waals surface area contributed by atoms with Gasteiger partial charge in [0, 0.05) is 21.2 Å². The maximum absolute atomic E-state index is 11.9. The number of hydrogen-bond acceptors (Lipinski definition) is 10. The van der Waals surface area contributed by atoms with Crippen molar-refractivity contribution < 1.29 is 28.6 Å². The number of ether oxygens (including phenoxy) is 3. The third-order valence-corrected chi connectivity index (χ3v) is 6.27. The van der Waals surface area contributed by atoms with E-state index in [4.69, 9.17) is 0 Å². The number of carbonyl (C=O) groups is 3. The number of thioether (sulfide) groups is 2. The Kier molecular flexibility index (Phi) is 11.1. The van der Waals surface area contributed by atoms with Gasteiger partial charge in [-0.25, -0.2) is 14.4 Å². The fourth-order valence-corrected chi connectivity index (χ4v) is 4.09. The van der Waals surface area contributed by atoms with Crippen LogP contribution in [-0.4, -0.2) is 56.7 Å². The number of benzene rings is 2. The van der Waals surface area contributed by atoms with Gasteiger partial charge in [0.15, 0.2) is 5.43 Å². The Morgan fingerprint density at radius 1 is 0.889 bits per heavy atom. The van der Waals surface area contributed by atoms with Crippen molar-refractivity contribution in [3.8, 4) is 0 Å². The van der Waals surface area contributed by atoms with Crippen molar-refractivity contribution >= 4 is 58.0 Å². The number of fused-ring (bicyclic) bond motifs is 1. The number of rotatable bonds is 7. The van der Waals surface area contributed by atoms with Gasteiger partial charge in [-0.05, 0) is 36.8 Å². The van der Waals surface area contributed by atoms with Gasteiger partial charge in [-0.2, -0.15) is 0 Å². The van der Waals surface area contributed by atoms with Crippen molar-refractivity contribution in [2.75, 3.05) is 39.2 Å². The van der Waals surface area contributed by atoms with E-state index in [1.54, 1.807) is 12.1 Å². The molecular weight excluding hydrogens is 504 g/mol. The Hall–Kier alpha value is -3.70. The number of hydrogen-bond donors (Lipinski definition) is 2. The number of para-hydroxylation sites is 2. The van der Waals surface area contributed by atoms with E-state index in [-0.39, 0.29) is 16.8 Å². The molecule has 0 saturated heterocycles. The van der Waals surface area contributed by atoms with E-state index in [1.807, 2.05) is 42.8 Å². The topological polar surface area (TPSA) is 124 Å². The molecule has 2 aromatic carbocycles. The smallest absolute Gasteiger partial charge is 0.354 e. The minimum absolute atomic E-state index is 0.0239. The zero-order chi connectivity index (χ0) is 26.7. The third-order valence-electron chi connectivity index (χ3n) is 4.70. The van der Waals surface area contributed by atoms with Crippen LogP contribution >= 0.6 is 23.5 Å². The van der Waals surface area contributed by atoms with Crippen molar-refractivity contribution in [3.63, 3.8) is 0 Å². The minimum Gasteiger partial charge on any atom is -0.466 e. The summed E-state index contributed by atoms with van der Waals surface area (Å²) >= 11 is 3.04. The number of aromatic nitrogens is 1. The highest BCUT2D eigenvalue weighted by molar-refractivity contribution is 7.99. The predicted molar refractivity (Wildman–Crippen MR) is 142 cm³/mol. The van der Waals surface area contributed by atoms with E-state index in [0.717, 1.165) is 21.6 Å². The van der Waals surface area contributed by atoms with Crippen LogP contribution in [0.15, 0.2) is 74.9 Å². The lowest BCUT2D eigenvalue weighted by Gasteiger charge is -2.11. The van der Waals surface area contributed by atoms with E-state index >= 15 is 0 Å². The lowest BCUT2D eigenvalue weighted by atomic mass is 10.2. The summed E-state index contributed by atoms with van der Waals surface area (Å²) in [5.41, 5.74) is 1.40. The van der Waals surface area contributed by atoms with Gasteiger partial charge >= 0.3 is 17.9 Å². The molecule has 3 aromatic rings. The number of pyridine rings is 1. The molecule has 36 heavy (non-hydrogen) atoms. The van der Waals surface area contributed by atoms with Gasteiger partial charge in [-0.15, -0.1) is 23.5 Å². The summed E-state index contributed by atoms with van der Waals surface area (Å²) in [6.45, 7) is 0. The predicted octanol–water partition coefficient (Wildman–Crippen LogP) is 4.09. The second-order valence-electron chi connectivity index (χ2n) is 6.82. The summed E-state index contributed by atoms with van der Waals surface area (Å²) in [7, 11) is 3.77. The maximum Gasteiger partial charge on any atom is 0.354 e. The molecule has 2 N–H and O–H groups in total. The van der Waals surface area contributed by atoms with Crippen LogP contribution in [0.1, 0.15) is 10.5 Å². The molecule has 0 aliphatic rings. The summed E-state index contributed by atoms with van der Waals surface area (Å²) in [6.07, 6.45) is 4.89. The largest absolute Gasteiger partial charge is 0.466 e. The van der Waals surface area contributed by atoms with Crippen molar-refractivity contribution in [1.29, 1.82) is 0 Å². The van der Waals surface area contributed by atoms with Crippen LogP contribution in [0, 0.1) is 0 Å². The summed E-state index contributed by atoms with van der Waals surface area (Å²) in [5, 5.41) is 3.45. The van der Waals surface area contributed by atoms with E-state index < -0.39 is 17.9 Å². The molecule has 1 heterocycles. The Balaban J connectivity index is 0.000000255. The second-order valence-corrected chi connectivity index (χ2v) is 8.52. The lowest BCUT2D eigenvalue weighted by molar-refractivity contribution is -0.138. The molecule has 1 aromatic heterocycles. The van der Waals surface area contributed by atoms with E-state index in [9.17, 15) is 19.2 Å². The molecular formula is C25H26N2O7S2. The fraction of sp³-hybridized carbons (Fsp3) is 0.200. The van der Waals surface area contributed by atoms with Crippen molar-refractivity contribution in [1.82, 2.24) is 4.98 Å². The lowest BCUT2D eigenvalue weighted by Crippen LogP contribution is -2.15. The quantitative estimate of drug-likeness (QED) is 0.200. The van der Waals surface area contributed by atoms with E-state index in [1.165, 1.54) is 50.9 Å². The number of methoxy groups -OCH3 is 3. The Labute approximate surface area is 216 Å². The molecule has 3 rings (SSSR count). The molecule has 0 amide bonds. The first-order chi connectivity index (χ1) is 17.3. The van der Waals surface area contributed by atoms with E-state index in [0.29, 0.717) is 10.9 Å². The highest BCUT2D eigenvalue weighted by Crippen LogP contribution is 2.26. The van der Waals surface area contributed by atoms with Crippen molar-refractivity contribution in [3.05, 3.63) is 76.2 Å². The Bertz CT molecular complexity index is 1340. The molecule has 0 aliphatic heterocycles. The van der Waals surface area contributed by atoms with Crippen LogP contribution in [0.3, 0.4) is 0 Å². The Morgan fingerprint density at radius 3 is 2.17 bits per heavy atom. The molecule has 0 atom stereocenters. The molecule has 190 valence electrons. The summed E-state index contributed by atoms with van der Waals surface area (Å²) in [5.74, 6) is -1.81. The normalized spacial score (nSPS) is 10.6. The maximum atomic E-state index is 11.9. The second kappa shape index (κ2) is 14.0. The van der Waals surface area contributed by atoms with Gasteiger partial charge in [0.25, 0.3) is 0 Å². The molecule has 0 unspecified atom stereocenters. The van der Waals surface area contributed by atoms with Gasteiger partial charge in [0.1, 0.15) is 11.4 Å². The van der Waals surface area contributed by atoms with Crippen molar-refractivity contribution in [2.45, 2.75) is 9.79 Å². The zero-order valence-electron chi connectivity index (χ0n) is 20.4. The SMILES string of the molecule is COC(=O)/C=C(/Nc1ccccc1SC)C(=O)OC.COC(=O)c1cc(=O)c2cccc(SC)c2[nH]1. The van der Waals surface area contributed by atoms with Crippen LogP contribution in [0.2, 0.25) is 0 Å². The van der Waals surface area contributed by atoms with Crippen LogP contribution in [0.4, 0.5) is 5.69 Å². The molecule has 0 aliphatic carbocycles. The van der Waals surface area contributed by atoms with Gasteiger partial charge in [0.2, 0.25) is 0 Å². The average molecular weight is 531 g/mol. The third kappa shape index (κ3) is 7.40. The molecule has 0 fully saturated rings. The molecule has 0 bridgehead atoms. The average Bonchev–Trinajstić information content (AvgIpc) is 2.91. The first-order valence-corrected chi connectivity index (χ1v) is 12.8. The summed E-state index contributed by atoms with van der Waals surface area (Å²) < 4.78 is 13.7. The van der Waals surface area contributed by atoms with E-state index in [2.05, 4.69) is 24.5 Å². The highest BCUT2D eigenvalue weighted by atomic mass is 32.2. The van der Waals surface area contributed by atoms with Crippen LogP contribution < -0.4 is 10.7 Å². The number of esters is 3. The number of H-pyrrole nitrogens is 1. The van der Waals surface area contributed by atoms with Crippen LogP contribution in [-0.2, 0) is 23.8 Å². The standard InChI is InChI=1S/C13H15NO4S.C12H11NO3S/c1-17-12(15)8-10(13(16)18-2)14-9-6-4-5-7-11(9)19-3;1-16-12(15)8-6-9(14)7-4-3-5-10(17-2)11(7)13-8/h4-8,14H,1-3H3;3-6H,1-2H3,(H,13,14)/b10-8+;. The van der Waals surface area contributed by atoms with Gasteiger partial charge in [-0.1, -0.05) is 18.2 Å². The molecule has 0 spiro atoms. The summed E-state index contributed by atoms with van der Waals surface area (Å²) in [6, 6.07) is 14.1. The zero-order valence-corrected chi connectivity index (χ0v) is 22.0. The first-order valence-electron chi connectivity index (χ1n) is 10.4. The van der Waals surface area contributed by atoms with Gasteiger partial charge in [0.05, 0.1) is 38.6 Å². The van der Waals surface area contributed by atoms with Crippen LogP contribution in [0.25, 0.3) is 10.9 Å². The number of carbonyl (C=O) groups excluding carboxylic acids is 3. The molecule has 0 saturated carbocycles. The highest BCUT2D eigenvalue weighted by Gasteiger charge is 2.14. The van der Waals surface area contributed by atoms with Gasteiger partial charge < -0.3 is 24.5 Å².